The lowest BCUT2D eigenvalue weighted by Crippen LogP contribution is -2.32. The summed E-state index contributed by atoms with van der Waals surface area (Å²) in [7, 11) is 0. The summed E-state index contributed by atoms with van der Waals surface area (Å²) in [6.45, 7) is 3.79. The number of nitrogens with one attached hydrogen (secondary N) is 2. The largest absolute Gasteiger partial charge is 0.481 e. The van der Waals surface area contributed by atoms with Gasteiger partial charge in [0.15, 0.2) is 0 Å². The van der Waals surface area contributed by atoms with E-state index in [0.29, 0.717) is 12.0 Å². The number of hydrogen-bond donors (Lipinski definition) is 3. The third-order valence-corrected chi connectivity index (χ3v) is 3.26. The molecule has 1 rings (SSSR count). The number of benzene rings is 1. The van der Waals surface area contributed by atoms with E-state index in [2.05, 4.69) is 10.6 Å². The van der Waals surface area contributed by atoms with Gasteiger partial charge in [0.2, 0.25) is 11.8 Å². The number of carbonyl (C=O) groups excluding carboxylic acids is 2. The van der Waals surface area contributed by atoms with Crippen LogP contribution in [0.1, 0.15) is 44.6 Å². The summed E-state index contributed by atoms with van der Waals surface area (Å²) in [5.74, 6) is -2.08. The molecule has 0 heterocycles. The fraction of sp³-hybridized carbons (Fsp3) is 0.471. The summed E-state index contributed by atoms with van der Waals surface area (Å²) in [6.07, 6.45) is 0.923. The van der Waals surface area contributed by atoms with Crippen LogP contribution in [0, 0.1) is 0 Å². The lowest BCUT2D eigenvalue weighted by Gasteiger charge is -2.14. The van der Waals surface area contributed by atoms with Gasteiger partial charge in [-0.2, -0.15) is 0 Å². The van der Waals surface area contributed by atoms with E-state index in [1.54, 1.807) is 24.3 Å². The summed E-state index contributed by atoms with van der Waals surface area (Å²) in [6, 6.07) is 8.87. The Labute approximate surface area is 136 Å². The molecule has 1 aromatic carbocycles. The Morgan fingerprint density at radius 3 is 2.22 bits per heavy atom. The summed E-state index contributed by atoms with van der Waals surface area (Å²) < 4.78 is 0. The minimum Gasteiger partial charge on any atom is -0.481 e. The van der Waals surface area contributed by atoms with Gasteiger partial charge < -0.3 is 15.7 Å². The van der Waals surface area contributed by atoms with Crippen LogP contribution in [0.3, 0.4) is 0 Å². The first-order valence-corrected chi connectivity index (χ1v) is 7.74. The maximum absolute atomic E-state index is 11.8. The number of carbonyl (C=O) groups is 3. The number of carboxylic acid groups (broad SMARTS) is 1. The Morgan fingerprint density at radius 1 is 1.04 bits per heavy atom. The van der Waals surface area contributed by atoms with E-state index in [1.165, 1.54) is 0 Å². The van der Waals surface area contributed by atoms with Gasteiger partial charge in [0.05, 0.1) is 5.92 Å². The zero-order chi connectivity index (χ0) is 17.2. The number of aliphatic carboxylic acids is 1. The molecule has 126 valence electrons. The highest BCUT2D eigenvalue weighted by molar-refractivity contribution is 5.80. The molecule has 3 N–H and O–H groups in total. The van der Waals surface area contributed by atoms with Crippen LogP contribution < -0.4 is 10.6 Å². The number of carboxylic acids is 1. The minimum absolute atomic E-state index is 0.0381. The van der Waals surface area contributed by atoms with Crippen LogP contribution in [0.25, 0.3) is 0 Å². The quantitative estimate of drug-likeness (QED) is 0.645. The lowest BCUT2D eigenvalue weighted by atomic mass is 9.99. The number of hydrogen-bond acceptors (Lipinski definition) is 3. The van der Waals surface area contributed by atoms with Crippen molar-refractivity contribution in [2.45, 2.75) is 45.1 Å². The van der Waals surface area contributed by atoms with Crippen molar-refractivity contribution in [2.75, 3.05) is 6.54 Å². The average molecular weight is 320 g/mol. The number of amides is 2. The minimum atomic E-state index is -0.979. The van der Waals surface area contributed by atoms with Crippen LogP contribution in [0.5, 0.6) is 0 Å². The van der Waals surface area contributed by atoms with Crippen molar-refractivity contribution in [3.8, 4) is 0 Å². The molecule has 0 radical (unpaired) electrons. The lowest BCUT2D eigenvalue weighted by molar-refractivity contribution is -0.138. The molecular formula is C17H24N2O4. The zero-order valence-corrected chi connectivity index (χ0v) is 13.5. The average Bonchev–Trinajstić information content (AvgIpc) is 2.47. The van der Waals surface area contributed by atoms with Gasteiger partial charge in [0, 0.05) is 25.4 Å². The summed E-state index contributed by atoms with van der Waals surface area (Å²) in [5, 5.41) is 14.6. The van der Waals surface area contributed by atoms with Crippen molar-refractivity contribution in [2.24, 2.45) is 0 Å². The standard InChI is InChI=1S/C17H24N2O4/c1-12(2)19-16(21)10-6-9-15(20)18-11-14(17(22)23)13-7-4-3-5-8-13/h3-5,7-8,12,14H,6,9-11H2,1-2H3,(H,18,20)(H,19,21)(H,22,23). The van der Waals surface area contributed by atoms with E-state index in [-0.39, 0.29) is 37.2 Å². The van der Waals surface area contributed by atoms with Crippen LogP contribution in [-0.2, 0) is 14.4 Å². The Balaban J connectivity index is 2.36. The molecule has 6 heteroatoms. The molecule has 1 unspecified atom stereocenters. The molecule has 0 saturated carbocycles. The first-order valence-electron chi connectivity index (χ1n) is 7.74. The maximum Gasteiger partial charge on any atom is 0.312 e. The highest BCUT2D eigenvalue weighted by Gasteiger charge is 2.20. The summed E-state index contributed by atoms with van der Waals surface area (Å²) in [4.78, 5) is 34.5. The monoisotopic (exact) mass is 320 g/mol. The predicted molar refractivity (Wildman–Crippen MR) is 87.0 cm³/mol. The van der Waals surface area contributed by atoms with Crippen LogP contribution in [0.4, 0.5) is 0 Å². The van der Waals surface area contributed by atoms with E-state index in [4.69, 9.17) is 0 Å². The molecule has 0 spiro atoms. The Hall–Kier alpha value is -2.37. The van der Waals surface area contributed by atoms with Crippen molar-refractivity contribution in [3.05, 3.63) is 35.9 Å². The smallest absolute Gasteiger partial charge is 0.312 e. The highest BCUT2D eigenvalue weighted by atomic mass is 16.4. The SMILES string of the molecule is CC(C)NC(=O)CCCC(=O)NCC(C(=O)O)c1ccccc1. The molecule has 0 aromatic heterocycles. The van der Waals surface area contributed by atoms with Gasteiger partial charge in [0.1, 0.15) is 0 Å². The van der Waals surface area contributed by atoms with Crippen molar-refractivity contribution in [3.63, 3.8) is 0 Å². The molecule has 2 amide bonds. The molecule has 0 bridgehead atoms. The van der Waals surface area contributed by atoms with Crippen molar-refractivity contribution < 1.29 is 19.5 Å². The van der Waals surface area contributed by atoms with Gasteiger partial charge in [-0.15, -0.1) is 0 Å². The third kappa shape index (κ3) is 7.44. The molecule has 1 atom stereocenters. The van der Waals surface area contributed by atoms with Crippen LogP contribution in [0.2, 0.25) is 0 Å². The molecule has 6 nitrogen and oxygen atoms in total. The molecular weight excluding hydrogens is 296 g/mol. The van der Waals surface area contributed by atoms with Gasteiger partial charge in [-0.1, -0.05) is 30.3 Å². The predicted octanol–water partition coefficient (Wildman–Crippen LogP) is 1.67. The van der Waals surface area contributed by atoms with Gasteiger partial charge in [-0.25, -0.2) is 0 Å². The van der Waals surface area contributed by atoms with Gasteiger partial charge in [0.25, 0.3) is 0 Å². The third-order valence-electron chi connectivity index (χ3n) is 3.26. The molecule has 0 aliphatic heterocycles. The van der Waals surface area contributed by atoms with Crippen LogP contribution in [-0.4, -0.2) is 35.5 Å². The van der Waals surface area contributed by atoms with Crippen LogP contribution in [0.15, 0.2) is 30.3 Å². The normalized spacial score (nSPS) is 11.8. The van der Waals surface area contributed by atoms with E-state index < -0.39 is 11.9 Å². The second kappa shape index (κ2) is 9.61. The Kier molecular flexibility index (Phi) is 7.80. The van der Waals surface area contributed by atoms with E-state index >= 15 is 0 Å². The first kappa shape index (κ1) is 18.7. The van der Waals surface area contributed by atoms with Gasteiger partial charge in [-0.3, -0.25) is 14.4 Å². The highest BCUT2D eigenvalue weighted by Crippen LogP contribution is 2.14. The van der Waals surface area contributed by atoms with Gasteiger partial charge >= 0.3 is 5.97 Å². The van der Waals surface area contributed by atoms with Crippen LogP contribution >= 0.6 is 0 Å². The topological polar surface area (TPSA) is 95.5 Å². The second-order valence-corrected chi connectivity index (χ2v) is 5.68. The Bertz CT molecular complexity index is 529. The molecule has 0 aliphatic rings. The molecule has 1 aromatic rings. The van der Waals surface area contributed by atoms with Crippen molar-refractivity contribution in [1.82, 2.24) is 10.6 Å². The molecule has 0 aliphatic carbocycles. The number of rotatable bonds is 9. The van der Waals surface area contributed by atoms with Gasteiger partial charge in [-0.05, 0) is 25.8 Å². The summed E-state index contributed by atoms with van der Waals surface area (Å²) in [5.41, 5.74) is 0.650. The van der Waals surface area contributed by atoms with E-state index in [1.807, 2.05) is 19.9 Å². The fourth-order valence-corrected chi connectivity index (χ4v) is 2.14. The van der Waals surface area contributed by atoms with Crippen molar-refractivity contribution >= 4 is 17.8 Å². The maximum atomic E-state index is 11.8. The van der Waals surface area contributed by atoms with Crippen molar-refractivity contribution in [1.29, 1.82) is 0 Å². The summed E-state index contributed by atoms with van der Waals surface area (Å²) >= 11 is 0. The molecule has 0 saturated heterocycles. The fourth-order valence-electron chi connectivity index (χ4n) is 2.14. The van der Waals surface area contributed by atoms with E-state index in [0.717, 1.165) is 0 Å². The zero-order valence-electron chi connectivity index (χ0n) is 13.5. The second-order valence-electron chi connectivity index (χ2n) is 5.68. The Morgan fingerprint density at radius 2 is 1.65 bits per heavy atom. The molecule has 0 fully saturated rings. The molecule has 23 heavy (non-hydrogen) atoms. The van der Waals surface area contributed by atoms with E-state index in [9.17, 15) is 19.5 Å². The first-order chi connectivity index (χ1) is 10.9.